The molecular weight excluding hydrogens is 354 g/mol. The standard InChI is InChI=1S/C26H27N3/c1-5-11-20-19-13-7-9-15-22(19)29-24-23(16-10-17-27-24)28(25(29)26(20,3)4)21-14-8-6-12-18(21)2/h5-10,12-17,20,25H,1,11H2,2-4H3. The zero-order valence-electron chi connectivity index (χ0n) is 17.3. The van der Waals surface area contributed by atoms with Crippen LogP contribution in [0.4, 0.5) is 22.9 Å². The van der Waals surface area contributed by atoms with Crippen molar-refractivity contribution in [3.8, 4) is 0 Å². The van der Waals surface area contributed by atoms with E-state index in [9.17, 15) is 0 Å². The van der Waals surface area contributed by atoms with E-state index in [1.165, 1.54) is 28.2 Å². The lowest BCUT2D eigenvalue weighted by molar-refractivity contribution is 0.218. The van der Waals surface area contributed by atoms with Gasteiger partial charge >= 0.3 is 0 Å². The third-order valence-corrected chi connectivity index (χ3v) is 6.66. The summed E-state index contributed by atoms with van der Waals surface area (Å²) in [5.41, 5.74) is 6.33. The summed E-state index contributed by atoms with van der Waals surface area (Å²) in [5, 5.41) is 0. The molecule has 0 saturated carbocycles. The number of rotatable bonds is 3. The number of pyridine rings is 1. The summed E-state index contributed by atoms with van der Waals surface area (Å²) in [4.78, 5) is 9.81. The summed E-state index contributed by atoms with van der Waals surface area (Å²) >= 11 is 0. The van der Waals surface area contributed by atoms with Crippen molar-refractivity contribution in [2.75, 3.05) is 9.80 Å². The van der Waals surface area contributed by atoms with Gasteiger partial charge < -0.3 is 9.80 Å². The molecule has 2 aromatic carbocycles. The molecule has 2 unspecified atom stereocenters. The number of hydrogen-bond acceptors (Lipinski definition) is 3. The van der Waals surface area contributed by atoms with E-state index < -0.39 is 0 Å². The zero-order valence-corrected chi connectivity index (χ0v) is 17.3. The zero-order chi connectivity index (χ0) is 20.2. The molecule has 3 heterocycles. The van der Waals surface area contributed by atoms with Gasteiger partial charge in [0.2, 0.25) is 0 Å². The van der Waals surface area contributed by atoms with Crippen molar-refractivity contribution in [3.63, 3.8) is 0 Å². The number of nitrogens with zero attached hydrogens (tertiary/aromatic N) is 3. The molecule has 3 heteroatoms. The first kappa shape index (κ1) is 18.0. The Labute approximate surface area is 173 Å². The molecule has 0 bridgehead atoms. The van der Waals surface area contributed by atoms with Gasteiger partial charge in [-0.3, -0.25) is 0 Å². The molecule has 0 fully saturated rings. The molecule has 2 aliphatic rings. The molecule has 2 atom stereocenters. The fourth-order valence-electron chi connectivity index (χ4n) is 5.31. The quantitative estimate of drug-likeness (QED) is 0.470. The molecular formula is C26H27N3. The largest absolute Gasteiger partial charge is 0.316 e. The Morgan fingerprint density at radius 3 is 2.38 bits per heavy atom. The van der Waals surface area contributed by atoms with E-state index in [2.05, 4.69) is 97.8 Å². The number of hydrogen-bond donors (Lipinski definition) is 0. The Morgan fingerprint density at radius 2 is 1.62 bits per heavy atom. The van der Waals surface area contributed by atoms with Crippen molar-refractivity contribution in [2.24, 2.45) is 5.41 Å². The van der Waals surface area contributed by atoms with Crippen LogP contribution in [0.3, 0.4) is 0 Å². The Kier molecular flexibility index (Phi) is 4.02. The monoisotopic (exact) mass is 381 g/mol. The highest BCUT2D eigenvalue weighted by Gasteiger charge is 2.54. The van der Waals surface area contributed by atoms with Crippen molar-refractivity contribution in [2.45, 2.75) is 39.3 Å². The van der Waals surface area contributed by atoms with Crippen molar-refractivity contribution in [1.29, 1.82) is 0 Å². The molecule has 29 heavy (non-hydrogen) atoms. The first-order chi connectivity index (χ1) is 14.1. The predicted molar refractivity (Wildman–Crippen MR) is 121 cm³/mol. The highest BCUT2D eigenvalue weighted by Crippen LogP contribution is 2.60. The Balaban J connectivity index is 1.81. The number of para-hydroxylation sites is 2. The van der Waals surface area contributed by atoms with Gasteiger partial charge in [-0.2, -0.15) is 0 Å². The highest BCUT2D eigenvalue weighted by atomic mass is 15.5. The average molecular weight is 382 g/mol. The molecule has 1 aromatic heterocycles. The van der Waals surface area contributed by atoms with Gasteiger partial charge in [0.25, 0.3) is 0 Å². The molecule has 0 amide bonds. The predicted octanol–water partition coefficient (Wildman–Crippen LogP) is 6.71. The van der Waals surface area contributed by atoms with E-state index in [4.69, 9.17) is 4.98 Å². The topological polar surface area (TPSA) is 19.4 Å². The first-order valence-corrected chi connectivity index (χ1v) is 10.3. The second-order valence-corrected chi connectivity index (χ2v) is 8.70. The van der Waals surface area contributed by atoms with Crippen molar-refractivity contribution < 1.29 is 0 Å². The maximum absolute atomic E-state index is 4.85. The van der Waals surface area contributed by atoms with Crippen molar-refractivity contribution >= 4 is 22.9 Å². The lowest BCUT2D eigenvalue weighted by Crippen LogP contribution is -2.54. The van der Waals surface area contributed by atoms with Crippen LogP contribution in [0.15, 0.2) is 79.5 Å². The normalized spacial score (nSPS) is 21.3. The first-order valence-electron chi connectivity index (χ1n) is 10.3. The van der Waals surface area contributed by atoms with Crippen LogP contribution in [0.1, 0.15) is 37.3 Å². The van der Waals surface area contributed by atoms with Gasteiger partial charge in [-0.05, 0) is 54.7 Å². The molecule has 0 aliphatic carbocycles. The smallest absolute Gasteiger partial charge is 0.158 e. The third kappa shape index (κ3) is 2.46. The van der Waals surface area contributed by atoms with Crippen LogP contribution in [-0.2, 0) is 0 Å². The molecule has 2 aliphatic heterocycles. The van der Waals surface area contributed by atoms with E-state index in [0.29, 0.717) is 5.92 Å². The van der Waals surface area contributed by atoms with Gasteiger partial charge in [0, 0.05) is 23.0 Å². The van der Waals surface area contributed by atoms with Crippen LogP contribution in [0.5, 0.6) is 0 Å². The highest BCUT2D eigenvalue weighted by molar-refractivity contribution is 5.88. The van der Waals surface area contributed by atoms with E-state index >= 15 is 0 Å². The SMILES string of the molecule is C=CCC1c2ccccc2N2c3ncccc3N(c3ccccc3C)C2C1(C)C. The summed E-state index contributed by atoms with van der Waals surface area (Å²) in [7, 11) is 0. The van der Waals surface area contributed by atoms with Gasteiger partial charge in [0.15, 0.2) is 5.82 Å². The number of benzene rings is 2. The lowest BCUT2D eigenvalue weighted by Gasteiger charge is -2.52. The number of fused-ring (bicyclic) bond motifs is 5. The van der Waals surface area contributed by atoms with E-state index in [-0.39, 0.29) is 11.6 Å². The van der Waals surface area contributed by atoms with Gasteiger partial charge in [-0.15, -0.1) is 6.58 Å². The maximum atomic E-state index is 4.85. The van der Waals surface area contributed by atoms with E-state index in [0.717, 1.165) is 12.2 Å². The minimum atomic E-state index is -0.0223. The molecule has 3 aromatic rings. The van der Waals surface area contributed by atoms with Crippen LogP contribution in [0.2, 0.25) is 0 Å². The number of aromatic nitrogens is 1. The summed E-state index contributed by atoms with van der Waals surface area (Å²) in [6, 6.07) is 21.7. The second-order valence-electron chi connectivity index (χ2n) is 8.70. The summed E-state index contributed by atoms with van der Waals surface area (Å²) in [6.45, 7) is 11.1. The van der Waals surface area contributed by atoms with Crippen LogP contribution in [0.25, 0.3) is 0 Å². The summed E-state index contributed by atoms with van der Waals surface area (Å²) in [5.74, 6) is 1.43. The number of allylic oxidation sites excluding steroid dienone is 1. The summed E-state index contributed by atoms with van der Waals surface area (Å²) < 4.78 is 0. The maximum Gasteiger partial charge on any atom is 0.158 e. The van der Waals surface area contributed by atoms with Crippen LogP contribution < -0.4 is 9.80 Å². The number of anilines is 4. The van der Waals surface area contributed by atoms with Gasteiger partial charge in [-0.25, -0.2) is 4.98 Å². The minimum absolute atomic E-state index is 0.0223. The van der Waals surface area contributed by atoms with Crippen LogP contribution in [-0.4, -0.2) is 11.1 Å². The van der Waals surface area contributed by atoms with Crippen molar-refractivity contribution in [3.05, 3.63) is 90.6 Å². The summed E-state index contributed by atoms with van der Waals surface area (Å²) in [6.07, 6.45) is 5.08. The van der Waals surface area contributed by atoms with Gasteiger partial charge in [-0.1, -0.05) is 56.3 Å². The average Bonchev–Trinajstić information content (AvgIpc) is 3.08. The van der Waals surface area contributed by atoms with E-state index in [1.807, 2.05) is 12.3 Å². The lowest BCUT2D eigenvalue weighted by atomic mass is 9.67. The van der Waals surface area contributed by atoms with E-state index in [1.54, 1.807) is 0 Å². The van der Waals surface area contributed by atoms with Gasteiger partial charge in [0.05, 0.1) is 5.69 Å². The van der Waals surface area contributed by atoms with Gasteiger partial charge in [0.1, 0.15) is 6.17 Å². The molecule has 0 N–H and O–H groups in total. The van der Waals surface area contributed by atoms with Crippen molar-refractivity contribution in [1.82, 2.24) is 4.98 Å². The Morgan fingerprint density at radius 1 is 0.931 bits per heavy atom. The molecule has 0 radical (unpaired) electrons. The number of aryl methyl sites for hydroxylation is 1. The minimum Gasteiger partial charge on any atom is -0.316 e. The second kappa shape index (κ2) is 6.48. The third-order valence-electron chi connectivity index (χ3n) is 6.66. The fourth-order valence-corrected chi connectivity index (χ4v) is 5.31. The fraction of sp³-hybridized carbons (Fsp3) is 0.269. The Bertz CT molecular complexity index is 1080. The Hall–Kier alpha value is -3.07. The molecule has 0 spiro atoms. The molecule has 3 nitrogen and oxygen atoms in total. The van der Waals surface area contributed by atoms with Crippen LogP contribution >= 0.6 is 0 Å². The van der Waals surface area contributed by atoms with Crippen LogP contribution in [0, 0.1) is 12.3 Å². The molecule has 0 saturated heterocycles. The molecule has 5 rings (SSSR count). The molecule has 146 valence electrons.